The third-order valence-electron chi connectivity index (χ3n) is 4.39. The Hall–Kier alpha value is -3.40. The van der Waals surface area contributed by atoms with Gasteiger partial charge in [0.15, 0.2) is 0 Å². The van der Waals surface area contributed by atoms with Crippen LogP contribution >= 0.6 is 0 Å². The molecule has 1 aromatic heterocycles. The van der Waals surface area contributed by atoms with Crippen molar-refractivity contribution in [1.82, 2.24) is 4.98 Å². The second-order valence-corrected chi connectivity index (χ2v) is 6.00. The number of carboxylic acids is 1. The highest BCUT2D eigenvalue weighted by Gasteiger charge is 2.12. The van der Waals surface area contributed by atoms with E-state index in [2.05, 4.69) is 6.07 Å². The van der Waals surface area contributed by atoms with Gasteiger partial charge in [-0.2, -0.15) is 0 Å². The number of carboxylic acid groups (broad SMARTS) is 1. The second kappa shape index (κ2) is 6.48. The molecule has 0 aliphatic heterocycles. The van der Waals surface area contributed by atoms with Crippen molar-refractivity contribution in [3.05, 3.63) is 72.3 Å². The van der Waals surface area contributed by atoms with Gasteiger partial charge in [-0.1, -0.05) is 36.4 Å². The Labute approximate surface area is 150 Å². The zero-order valence-corrected chi connectivity index (χ0v) is 14.3. The van der Waals surface area contributed by atoms with E-state index in [1.54, 1.807) is 24.3 Å². The smallest absolute Gasteiger partial charge is 0.335 e. The highest BCUT2D eigenvalue weighted by molar-refractivity contribution is 6.11. The van der Waals surface area contributed by atoms with Crippen molar-refractivity contribution in [3.63, 3.8) is 0 Å². The lowest BCUT2D eigenvalue weighted by Gasteiger charge is -2.11. The van der Waals surface area contributed by atoms with Gasteiger partial charge in [-0.15, -0.1) is 0 Å². The second-order valence-electron chi connectivity index (χ2n) is 6.00. The van der Waals surface area contributed by atoms with E-state index in [0.717, 1.165) is 38.7 Å². The SMILES string of the molecule is CCOc1ccc2nc(-c3ccc(C(=O)O)cc3)c3ccccc3c2c1. The summed E-state index contributed by atoms with van der Waals surface area (Å²) in [7, 11) is 0. The Balaban J connectivity index is 1.97. The minimum absolute atomic E-state index is 0.264. The summed E-state index contributed by atoms with van der Waals surface area (Å²) in [6, 6.07) is 20.8. The van der Waals surface area contributed by atoms with E-state index in [1.807, 2.05) is 43.3 Å². The lowest BCUT2D eigenvalue weighted by Crippen LogP contribution is -1.96. The Kier molecular flexibility index (Phi) is 4.01. The minimum Gasteiger partial charge on any atom is -0.494 e. The van der Waals surface area contributed by atoms with Crippen LogP contribution in [-0.4, -0.2) is 22.7 Å². The van der Waals surface area contributed by atoms with Crippen molar-refractivity contribution in [1.29, 1.82) is 0 Å². The fourth-order valence-electron chi connectivity index (χ4n) is 3.18. The van der Waals surface area contributed by atoms with Crippen LogP contribution in [0.2, 0.25) is 0 Å². The molecule has 4 aromatic rings. The largest absolute Gasteiger partial charge is 0.494 e. The number of aromatic nitrogens is 1. The number of hydrogen-bond donors (Lipinski definition) is 1. The fraction of sp³-hybridized carbons (Fsp3) is 0.0909. The number of hydrogen-bond acceptors (Lipinski definition) is 3. The van der Waals surface area contributed by atoms with Crippen molar-refractivity contribution in [3.8, 4) is 17.0 Å². The van der Waals surface area contributed by atoms with Gasteiger partial charge in [0.05, 0.1) is 23.4 Å². The molecule has 0 aliphatic carbocycles. The molecule has 0 unspecified atom stereocenters. The average Bonchev–Trinajstić information content (AvgIpc) is 2.68. The van der Waals surface area contributed by atoms with Crippen molar-refractivity contribution in [2.45, 2.75) is 6.92 Å². The molecule has 4 nitrogen and oxygen atoms in total. The predicted octanol–water partition coefficient (Wildman–Crippen LogP) is 5.15. The fourth-order valence-corrected chi connectivity index (χ4v) is 3.18. The number of pyridine rings is 1. The minimum atomic E-state index is -0.934. The molecule has 0 amide bonds. The van der Waals surface area contributed by atoms with E-state index in [4.69, 9.17) is 14.8 Å². The molecule has 128 valence electrons. The highest BCUT2D eigenvalue weighted by Crippen LogP contribution is 2.34. The van der Waals surface area contributed by atoms with Crippen LogP contribution in [0, 0.1) is 0 Å². The molecule has 0 atom stereocenters. The molecule has 0 aliphatic rings. The molecule has 0 spiro atoms. The van der Waals surface area contributed by atoms with Gasteiger partial charge in [-0.3, -0.25) is 0 Å². The summed E-state index contributed by atoms with van der Waals surface area (Å²) in [5.74, 6) is -0.109. The van der Waals surface area contributed by atoms with Gasteiger partial charge in [0.2, 0.25) is 0 Å². The molecule has 0 fully saturated rings. The van der Waals surface area contributed by atoms with E-state index in [1.165, 1.54) is 0 Å². The molecule has 0 saturated carbocycles. The highest BCUT2D eigenvalue weighted by atomic mass is 16.5. The molecule has 4 rings (SSSR count). The van der Waals surface area contributed by atoms with Crippen LogP contribution in [0.4, 0.5) is 0 Å². The van der Waals surface area contributed by atoms with Crippen molar-refractivity contribution >= 4 is 27.6 Å². The summed E-state index contributed by atoms with van der Waals surface area (Å²) in [5.41, 5.74) is 2.88. The van der Waals surface area contributed by atoms with Gasteiger partial charge in [-0.05, 0) is 42.6 Å². The number of rotatable bonds is 4. The number of ether oxygens (including phenoxy) is 1. The van der Waals surface area contributed by atoms with Crippen molar-refractivity contribution < 1.29 is 14.6 Å². The van der Waals surface area contributed by atoms with Gasteiger partial charge < -0.3 is 9.84 Å². The molecule has 0 bridgehead atoms. The third-order valence-corrected chi connectivity index (χ3v) is 4.39. The van der Waals surface area contributed by atoms with E-state index in [-0.39, 0.29) is 5.56 Å². The summed E-state index contributed by atoms with van der Waals surface area (Å²) in [6.45, 7) is 2.58. The number of aromatic carboxylic acids is 1. The molecule has 0 radical (unpaired) electrons. The third kappa shape index (κ3) is 2.75. The number of nitrogens with zero attached hydrogens (tertiary/aromatic N) is 1. The Morgan fingerprint density at radius 1 is 0.962 bits per heavy atom. The van der Waals surface area contributed by atoms with Gasteiger partial charge in [0.1, 0.15) is 5.75 Å². The quantitative estimate of drug-likeness (QED) is 0.521. The van der Waals surface area contributed by atoms with E-state index in [0.29, 0.717) is 6.61 Å². The maximum atomic E-state index is 11.1. The predicted molar refractivity (Wildman–Crippen MR) is 103 cm³/mol. The monoisotopic (exact) mass is 343 g/mol. The summed E-state index contributed by atoms with van der Waals surface area (Å²) in [6.07, 6.45) is 0. The molecular formula is C22H17NO3. The van der Waals surface area contributed by atoms with E-state index >= 15 is 0 Å². The average molecular weight is 343 g/mol. The summed E-state index contributed by atoms with van der Waals surface area (Å²) in [5, 5.41) is 12.3. The number of fused-ring (bicyclic) bond motifs is 3. The maximum absolute atomic E-state index is 11.1. The zero-order valence-electron chi connectivity index (χ0n) is 14.3. The molecule has 3 aromatic carbocycles. The normalized spacial score (nSPS) is 11.0. The summed E-state index contributed by atoms with van der Waals surface area (Å²) < 4.78 is 5.63. The van der Waals surface area contributed by atoms with Crippen molar-refractivity contribution in [2.75, 3.05) is 6.61 Å². The number of carbonyl (C=O) groups is 1. The van der Waals surface area contributed by atoms with E-state index in [9.17, 15) is 4.79 Å². The summed E-state index contributed by atoms with van der Waals surface area (Å²) >= 11 is 0. The molecule has 0 saturated heterocycles. The van der Waals surface area contributed by atoms with Crippen LogP contribution < -0.4 is 4.74 Å². The lowest BCUT2D eigenvalue weighted by atomic mass is 9.99. The van der Waals surface area contributed by atoms with Gasteiger partial charge in [-0.25, -0.2) is 9.78 Å². The topological polar surface area (TPSA) is 59.4 Å². The zero-order chi connectivity index (χ0) is 18.1. The van der Waals surface area contributed by atoms with Crippen LogP contribution in [0.15, 0.2) is 66.7 Å². The van der Waals surface area contributed by atoms with Crippen LogP contribution in [0.1, 0.15) is 17.3 Å². The van der Waals surface area contributed by atoms with E-state index < -0.39 is 5.97 Å². The molecule has 26 heavy (non-hydrogen) atoms. The van der Waals surface area contributed by atoms with Gasteiger partial charge in [0.25, 0.3) is 0 Å². The van der Waals surface area contributed by atoms with Crippen molar-refractivity contribution in [2.24, 2.45) is 0 Å². The molecule has 4 heteroatoms. The van der Waals surface area contributed by atoms with Gasteiger partial charge >= 0.3 is 5.97 Å². The first-order valence-electron chi connectivity index (χ1n) is 8.46. The Morgan fingerprint density at radius 2 is 1.69 bits per heavy atom. The first-order valence-corrected chi connectivity index (χ1v) is 8.46. The summed E-state index contributed by atoms with van der Waals surface area (Å²) in [4.78, 5) is 15.9. The van der Waals surface area contributed by atoms with Crippen LogP contribution in [0.3, 0.4) is 0 Å². The van der Waals surface area contributed by atoms with Crippen LogP contribution in [0.5, 0.6) is 5.75 Å². The Bertz CT molecular complexity index is 1120. The van der Waals surface area contributed by atoms with Crippen LogP contribution in [-0.2, 0) is 0 Å². The molecular weight excluding hydrogens is 326 g/mol. The first kappa shape index (κ1) is 16.1. The standard InChI is InChI=1S/C22H17NO3/c1-2-26-16-11-12-20-19(13-16)17-5-3-4-6-18(17)21(23-20)14-7-9-15(10-8-14)22(24)25/h3-13H,2H2,1H3,(H,24,25). The Morgan fingerprint density at radius 3 is 2.38 bits per heavy atom. The maximum Gasteiger partial charge on any atom is 0.335 e. The van der Waals surface area contributed by atoms with Gasteiger partial charge in [0, 0.05) is 16.3 Å². The lowest BCUT2D eigenvalue weighted by molar-refractivity contribution is 0.0697. The molecule has 1 heterocycles. The number of benzene rings is 3. The first-order chi connectivity index (χ1) is 12.7. The molecule has 1 N–H and O–H groups in total. The van der Waals surface area contributed by atoms with Crippen LogP contribution in [0.25, 0.3) is 32.9 Å².